The zero-order valence-electron chi connectivity index (χ0n) is 31.2. The minimum Gasteiger partial charge on any atom is -0.379 e. The molecule has 0 fully saturated rings. The van der Waals surface area contributed by atoms with Gasteiger partial charge in [0, 0.05) is 18.8 Å². The van der Waals surface area contributed by atoms with Gasteiger partial charge in [0.1, 0.15) is 0 Å². The van der Waals surface area contributed by atoms with Gasteiger partial charge >= 0.3 is 0 Å². The Labute approximate surface area is 305 Å². The number of hydrogen-bond donors (Lipinski definition) is 0. The maximum Gasteiger partial charge on any atom is 0.253 e. The Kier molecular flexibility index (Phi) is 36.8. The maximum absolute atomic E-state index is 11.4. The number of imide groups is 1. The second kappa shape index (κ2) is 39.6. The molecule has 0 aromatic heterocycles. The van der Waals surface area contributed by atoms with E-state index in [1.165, 1.54) is 44.3 Å². The van der Waals surface area contributed by atoms with Gasteiger partial charge in [-0.25, -0.2) is 0 Å². The average molecular weight is 738 g/mol. The summed E-state index contributed by atoms with van der Waals surface area (Å²) >= 11 is 0. The molecule has 1 aliphatic heterocycles. The third kappa shape index (κ3) is 34.0. The molecule has 0 aliphatic carbocycles. The first-order chi connectivity index (χ1) is 25.3. The maximum atomic E-state index is 11.4. The molecule has 0 radical (unpaired) electrons. The van der Waals surface area contributed by atoms with Crippen LogP contribution in [0.5, 0.6) is 0 Å². The van der Waals surface area contributed by atoms with E-state index in [1.807, 2.05) is 0 Å². The van der Waals surface area contributed by atoms with Crippen LogP contribution in [0, 0.1) is 0 Å². The fraction of sp³-hybridized carbons (Fsp3) is 0.889. The lowest BCUT2D eigenvalue weighted by Crippen LogP contribution is -2.33. The van der Waals surface area contributed by atoms with Crippen molar-refractivity contribution in [2.75, 3.05) is 165 Å². The standard InChI is InChI=1S/C36H67NO14/c1-2-3-4-5-6-7-11-40-13-15-42-17-19-44-21-23-46-25-27-48-29-31-50-33-34-51-32-30-49-28-26-47-24-22-45-20-18-43-16-14-41-12-10-37-35(38)8-9-36(37)39/h8-9H,2-7,10-34H2,1H3. The van der Waals surface area contributed by atoms with Crippen LogP contribution >= 0.6 is 0 Å². The molecule has 15 heteroatoms. The molecule has 300 valence electrons. The topological polar surface area (TPSA) is 148 Å². The summed E-state index contributed by atoms with van der Waals surface area (Å²) in [6.45, 7) is 14.6. The number of carbonyl (C=O) groups excluding carboxylic acids is 2. The van der Waals surface area contributed by atoms with E-state index in [0.29, 0.717) is 145 Å². The molecule has 0 saturated heterocycles. The molecule has 1 aliphatic rings. The highest BCUT2D eigenvalue weighted by Gasteiger charge is 2.22. The summed E-state index contributed by atoms with van der Waals surface area (Å²) in [5.41, 5.74) is 0. The van der Waals surface area contributed by atoms with Gasteiger partial charge in [0.25, 0.3) is 11.8 Å². The molecular weight excluding hydrogens is 670 g/mol. The molecule has 0 atom stereocenters. The Hall–Kier alpha value is -1.60. The molecule has 0 unspecified atom stereocenters. The van der Waals surface area contributed by atoms with Gasteiger partial charge in [0.2, 0.25) is 0 Å². The molecule has 0 aromatic carbocycles. The number of hydrogen-bond acceptors (Lipinski definition) is 14. The van der Waals surface area contributed by atoms with E-state index in [-0.39, 0.29) is 25.0 Å². The third-order valence-corrected chi connectivity index (χ3v) is 7.09. The van der Waals surface area contributed by atoms with Gasteiger partial charge in [0.15, 0.2) is 0 Å². The van der Waals surface area contributed by atoms with Crippen molar-refractivity contribution in [3.8, 4) is 0 Å². The summed E-state index contributed by atoms with van der Waals surface area (Å²) in [4.78, 5) is 24.0. The van der Waals surface area contributed by atoms with Crippen molar-refractivity contribution in [1.29, 1.82) is 0 Å². The van der Waals surface area contributed by atoms with Gasteiger partial charge in [-0.15, -0.1) is 0 Å². The molecule has 0 N–H and O–H groups in total. The highest BCUT2D eigenvalue weighted by Crippen LogP contribution is 2.05. The number of carbonyl (C=O) groups is 2. The molecule has 2 amide bonds. The molecular formula is C36H67NO14. The lowest BCUT2D eigenvalue weighted by atomic mass is 10.1. The fourth-order valence-electron chi connectivity index (χ4n) is 4.31. The quantitative estimate of drug-likeness (QED) is 0.0667. The molecule has 1 rings (SSSR count). The van der Waals surface area contributed by atoms with Gasteiger partial charge in [-0.2, -0.15) is 0 Å². The van der Waals surface area contributed by atoms with E-state index in [4.69, 9.17) is 56.8 Å². The zero-order chi connectivity index (χ0) is 36.6. The number of rotatable bonds is 43. The Bertz CT molecular complexity index is 773. The number of unbranched alkanes of at least 4 members (excludes halogenated alkanes) is 5. The Morgan fingerprint density at radius 3 is 0.863 bits per heavy atom. The van der Waals surface area contributed by atoms with E-state index in [9.17, 15) is 9.59 Å². The van der Waals surface area contributed by atoms with Gasteiger partial charge < -0.3 is 56.8 Å². The lowest BCUT2D eigenvalue weighted by molar-refractivity contribution is -0.137. The average Bonchev–Trinajstić information content (AvgIpc) is 3.46. The summed E-state index contributed by atoms with van der Waals surface area (Å²) in [7, 11) is 0. The van der Waals surface area contributed by atoms with Crippen LogP contribution in [0.25, 0.3) is 0 Å². The second-order valence-corrected chi connectivity index (χ2v) is 11.3. The summed E-state index contributed by atoms with van der Waals surface area (Å²) < 4.78 is 65.7. The van der Waals surface area contributed by atoms with Crippen LogP contribution in [0.15, 0.2) is 12.2 Å². The van der Waals surface area contributed by atoms with Crippen molar-refractivity contribution in [1.82, 2.24) is 4.90 Å². The second-order valence-electron chi connectivity index (χ2n) is 11.3. The Balaban J connectivity index is 1.61. The molecule has 0 aromatic rings. The SMILES string of the molecule is CCCCCCCCOCCOCCOCCOCCOCCOCCOCCOCCOCCOCCOCCOCCN1C(=O)C=CC1=O. The molecule has 15 nitrogen and oxygen atoms in total. The van der Waals surface area contributed by atoms with Crippen LogP contribution in [0.4, 0.5) is 0 Å². The van der Waals surface area contributed by atoms with Crippen LogP contribution in [-0.2, 0) is 66.4 Å². The van der Waals surface area contributed by atoms with Crippen molar-refractivity contribution < 1.29 is 66.4 Å². The van der Waals surface area contributed by atoms with Crippen LogP contribution in [0.2, 0.25) is 0 Å². The summed E-state index contributed by atoms with van der Waals surface area (Å²) in [5.74, 6) is -0.611. The van der Waals surface area contributed by atoms with E-state index in [1.54, 1.807) is 0 Å². The van der Waals surface area contributed by atoms with Crippen molar-refractivity contribution >= 4 is 11.8 Å². The predicted octanol–water partition coefficient (Wildman–Crippen LogP) is 2.47. The van der Waals surface area contributed by atoms with Crippen molar-refractivity contribution in [3.63, 3.8) is 0 Å². The molecule has 0 spiro atoms. The predicted molar refractivity (Wildman–Crippen MR) is 189 cm³/mol. The lowest BCUT2D eigenvalue weighted by Gasteiger charge is -2.13. The van der Waals surface area contributed by atoms with Gasteiger partial charge in [-0.1, -0.05) is 39.0 Å². The van der Waals surface area contributed by atoms with Gasteiger partial charge in [0.05, 0.1) is 159 Å². The molecule has 1 heterocycles. The number of amides is 2. The molecule has 51 heavy (non-hydrogen) atoms. The zero-order valence-corrected chi connectivity index (χ0v) is 31.2. The van der Waals surface area contributed by atoms with Gasteiger partial charge in [-0.3, -0.25) is 14.5 Å². The number of nitrogens with zero attached hydrogens (tertiary/aromatic N) is 1. The normalized spacial score (nSPS) is 13.0. The van der Waals surface area contributed by atoms with Crippen LogP contribution in [-0.4, -0.2) is 182 Å². The Morgan fingerprint density at radius 1 is 0.333 bits per heavy atom. The minimum atomic E-state index is -0.306. The first-order valence-electron chi connectivity index (χ1n) is 18.7. The monoisotopic (exact) mass is 737 g/mol. The van der Waals surface area contributed by atoms with Crippen molar-refractivity contribution in [2.45, 2.75) is 45.4 Å². The first kappa shape index (κ1) is 47.4. The highest BCUT2D eigenvalue weighted by atomic mass is 16.6. The van der Waals surface area contributed by atoms with Crippen LogP contribution in [0.1, 0.15) is 45.4 Å². The molecule has 0 saturated carbocycles. The largest absolute Gasteiger partial charge is 0.379 e. The third-order valence-electron chi connectivity index (χ3n) is 7.09. The Morgan fingerprint density at radius 2 is 0.569 bits per heavy atom. The number of ether oxygens (including phenoxy) is 12. The minimum absolute atomic E-state index is 0.240. The first-order valence-corrected chi connectivity index (χ1v) is 18.7. The van der Waals surface area contributed by atoms with Crippen molar-refractivity contribution in [3.05, 3.63) is 12.2 Å². The van der Waals surface area contributed by atoms with Crippen molar-refractivity contribution in [2.24, 2.45) is 0 Å². The molecule has 0 bridgehead atoms. The highest BCUT2D eigenvalue weighted by molar-refractivity contribution is 6.12. The van der Waals surface area contributed by atoms with E-state index < -0.39 is 0 Å². The summed E-state index contributed by atoms with van der Waals surface area (Å²) in [5, 5.41) is 0. The van der Waals surface area contributed by atoms with Crippen LogP contribution < -0.4 is 0 Å². The summed E-state index contributed by atoms with van der Waals surface area (Å²) in [6.07, 6.45) is 10.2. The van der Waals surface area contributed by atoms with E-state index >= 15 is 0 Å². The fourth-order valence-corrected chi connectivity index (χ4v) is 4.31. The van der Waals surface area contributed by atoms with E-state index in [0.717, 1.165) is 17.9 Å². The smallest absolute Gasteiger partial charge is 0.253 e. The van der Waals surface area contributed by atoms with E-state index in [2.05, 4.69) is 6.92 Å². The summed E-state index contributed by atoms with van der Waals surface area (Å²) in [6, 6.07) is 0. The van der Waals surface area contributed by atoms with Crippen LogP contribution in [0.3, 0.4) is 0 Å². The van der Waals surface area contributed by atoms with Gasteiger partial charge in [-0.05, 0) is 6.42 Å².